The van der Waals surface area contributed by atoms with Gasteiger partial charge in [-0.25, -0.2) is 4.79 Å². The second-order valence-corrected chi connectivity index (χ2v) is 5.58. The fraction of sp³-hybridized carbons (Fsp3) is 0.278. The molecule has 5 heteroatoms. The maximum Gasteiger partial charge on any atom is 0.326 e. The van der Waals surface area contributed by atoms with Gasteiger partial charge in [-0.1, -0.05) is 42.5 Å². The number of rotatable bonds is 6. The number of nitrogens with zero attached hydrogens (tertiary/aromatic N) is 1. The number of hydrogen-bond acceptors (Lipinski definition) is 3. The molecule has 0 aliphatic rings. The van der Waals surface area contributed by atoms with Gasteiger partial charge < -0.3 is 10.4 Å². The second kappa shape index (κ2) is 7.41. The highest BCUT2D eigenvalue weighted by atomic mass is 16.4. The molecule has 0 saturated carbocycles. The van der Waals surface area contributed by atoms with E-state index in [1.807, 2.05) is 48.5 Å². The Hall–Kier alpha value is -2.87. The lowest BCUT2D eigenvalue weighted by molar-refractivity contribution is -0.142. The Balaban J connectivity index is 2.04. The first-order valence-electron chi connectivity index (χ1n) is 7.39. The Bertz CT molecular complexity index is 764. The fourth-order valence-corrected chi connectivity index (χ4v) is 2.41. The minimum atomic E-state index is -1.13. The van der Waals surface area contributed by atoms with Gasteiger partial charge in [0.1, 0.15) is 6.04 Å². The van der Waals surface area contributed by atoms with Crippen molar-refractivity contribution in [2.24, 2.45) is 5.92 Å². The summed E-state index contributed by atoms with van der Waals surface area (Å²) in [4.78, 5) is 23.3. The lowest BCUT2D eigenvalue weighted by Gasteiger charge is -2.15. The van der Waals surface area contributed by atoms with Gasteiger partial charge in [0.25, 0.3) is 0 Å². The van der Waals surface area contributed by atoms with Gasteiger partial charge in [-0.15, -0.1) is 0 Å². The van der Waals surface area contributed by atoms with Crippen LogP contribution in [0, 0.1) is 17.2 Å². The van der Waals surface area contributed by atoms with Gasteiger partial charge in [-0.3, -0.25) is 4.79 Å². The first kappa shape index (κ1) is 16.5. The van der Waals surface area contributed by atoms with E-state index in [4.69, 9.17) is 10.4 Å². The quantitative estimate of drug-likeness (QED) is 0.857. The molecular weight excluding hydrogens is 292 g/mol. The smallest absolute Gasteiger partial charge is 0.326 e. The lowest BCUT2D eigenvalue weighted by Crippen LogP contribution is -2.42. The predicted octanol–water partition coefficient (Wildman–Crippen LogP) is 2.50. The zero-order valence-corrected chi connectivity index (χ0v) is 12.8. The molecule has 5 nitrogen and oxygen atoms in total. The van der Waals surface area contributed by atoms with Crippen LogP contribution in [0.5, 0.6) is 0 Å². The summed E-state index contributed by atoms with van der Waals surface area (Å²) in [5.41, 5.74) is 0.818. The van der Waals surface area contributed by atoms with Crippen molar-refractivity contribution in [3.05, 3.63) is 48.0 Å². The van der Waals surface area contributed by atoms with Crippen LogP contribution in [0.3, 0.4) is 0 Å². The number of aliphatic carboxylic acids is 1. The number of benzene rings is 2. The van der Waals surface area contributed by atoms with Crippen LogP contribution in [-0.2, 0) is 16.0 Å². The highest BCUT2D eigenvalue weighted by Crippen LogP contribution is 2.16. The Morgan fingerprint density at radius 2 is 1.91 bits per heavy atom. The largest absolute Gasteiger partial charge is 0.480 e. The van der Waals surface area contributed by atoms with Crippen molar-refractivity contribution in [1.29, 1.82) is 5.26 Å². The van der Waals surface area contributed by atoms with E-state index in [2.05, 4.69) is 5.32 Å². The average Bonchev–Trinajstić information content (AvgIpc) is 2.53. The summed E-state index contributed by atoms with van der Waals surface area (Å²) in [5, 5.41) is 22.5. The molecule has 0 radical (unpaired) electrons. The normalized spacial score (nSPS) is 13.0. The van der Waals surface area contributed by atoms with E-state index in [0.29, 0.717) is 0 Å². The highest BCUT2D eigenvalue weighted by molar-refractivity contribution is 5.87. The summed E-state index contributed by atoms with van der Waals surface area (Å²) in [5.74, 6) is -1.92. The van der Waals surface area contributed by atoms with Crippen LogP contribution >= 0.6 is 0 Å². The van der Waals surface area contributed by atoms with E-state index in [1.54, 1.807) is 6.92 Å². The molecule has 2 N–H and O–H groups in total. The number of carboxylic acids is 1. The Morgan fingerprint density at radius 1 is 1.22 bits per heavy atom. The van der Waals surface area contributed by atoms with Crippen LogP contribution in [0.15, 0.2) is 42.5 Å². The molecule has 0 unspecified atom stereocenters. The first-order valence-corrected chi connectivity index (χ1v) is 7.39. The van der Waals surface area contributed by atoms with Crippen molar-refractivity contribution in [2.75, 3.05) is 0 Å². The van der Waals surface area contributed by atoms with Gasteiger partial charge in [0.2, 0.25) is 5.91 Å². The van der Waals surface area contributed by atoms with E-state index in [-0.39, 0.29) is 18.7 Å². The van der Waals surface area contributed by atoms with E-state index < -0.39 is 17.9 Å². The summed E-state index contributed by atoms with van der Waals surface area (Å²) in [6.07, 6.45) is 0.199. The van der Waals surface area contributed by atoms with E-state index in [0.717, 1.165) is 16.3 Å². The van der Waals surface area contributed by atoms with Crippen molar-refractivity contribution < 1.29 is 14.7 Å². The molecule has 0 heterocycles. The second-order valence-electron chi connectivity index (χ2n) is 5.58. The summed E-state index contributed by atoms with van der Waals surface area (Å²) in [6, 6.07) is 14.5. The summed E-state index contributed by atoms with van der Waals surface area (Å²) < 4.78 is 0. The molecule has 2 aromatic rings. The Kier molecular flexibility index (Phi) is 5.32. The molecule has 1 amide bonds. The average molecular weight is 310 g/mol. The zero-order chi connectivity index (χ0) is 16.8. The summed E-state index contributed by atoms with van der Waals surface area (Å²) in [7, 11) is 0. The number of carbonyl (C=O) groups excluding carboxylic acids is 1. The van der Waals surface area contributed by atoms with Crippen molar-refractivity contribution in [2.45, 2.75) is 25.8 Å². The van der Waals surface area contributed by atoms with Gasteiger partial charge in [0, 0.05) is 5.92 Å². The Labute approximate surface area is 134 Å². The third-order valence-corrected chi connectivity index (χ3v) is 3.62. The zero-order valence-electron chi connectivity index (χ0n) is 12.8. The third kappa shape index (κ3) is 4.55. The van der Waals surface area contributed by atoms with E-state index >= 15 is 0 Å². The molecule has 2 atom stereocenters. The number of amides is 1. The van der Waals surface area contributed by atoms with Gasteiger partial charge in [0.05, 0.1) is 12.5 Å². The molecule has 0 bridgehead atoms. The standard InChI is InChI=1S/C18H18N2O3/c1-12(11-19)8-16(18(22)23)20-17(21)10-13-6-7-14-4-2-3-5-15(14)9-13/h2-7,9,12,16H,8,10H2,1H3,(H,20,21)(H,22,23)/t12-,16-/m1/s1. The number of fused-ring (bicyclic) bond motifs is 1. The van der Waals surface area contributed by atoms with Crippen molar-refractivity contribution in [3.8, 4) is 6.07 Å². The number of carboxylic acid groups (broad SMARTS) is 1. The predicted molar refractivity (Wildman–Crippen MR) is 86.6 cm³/mol. The maximum atomic E-state index is 12.1. The third-order valence-electron chi connectivity index (χ3n) is 3.62. The van der Waals surface area contributed by atoms with Crippen molar-refractivity contribution >= 4 is 22.6 Å². The molecule has 2 rings (SSSR count). The van der Waals surface area contributed by atoms with Gasteiger partial charge in [0.15, 0.2) is 0 Å². The number of carbonyl (C=O) groups is 2. The fourth-order valence-electron chi connectivity index (χ4n) is 2.41. The van der Waals surface area contributed by atoms with Crippen LogP contribution in [0.25, 0.3) is 10.8 Å². The molecule has 118 valence electrons. The van der Waals surface area contributed by atoms with Crippen LogP contribution in [0.2, 0.25) is 0 Å². The molecule has 0 spiro atoms. The number of hydrogen-bond donors (Lipinski definition) is 2. The molecule has 0 fully saturated rings. The highest BCUT2D eigenvalue weighted by Gasteiger charge is 2.22. The monoisotopic (exact) mass is 310 g/mol. The summed E-state index contributed by atoms with van der Waals surface area (Å²) >= 11 is 0. The molecule has 23 heavy (non-hydrogen) atoms. The molecule has 0 saturated heterocycles. The van der Waals surface area contributed by atoms with Crippen LogP contribution in [0.1, 0.15) is 18.9 Å². The van der Waals surface area contributed by atoms with E-state index in [9.17, 15) is 9.59 Å². The van der Waals surface area contributed by atoms with Crippen molar-refractivity contribution in [1.82, 2.24) is 5.32 Å². The molecule has 0 aromatic heterocycles. The topological polar surface area (TPSA) is 90.2 Å². The maximum absolute atomic E-state index is 12.1. The number of nitrogens with one attached hydrogen (secondary N) is 1. The van der Waals surface area contributed by atoms with Crippen LogP contribution in [-0.4, -0.2) is 23.0 Å². The molecule has 0 aliphatic carbocycles. The SMILES string of the molecule is C[C@@H](C#N)C[C@@H](NC(=O)Cc1ccc2ccccc2c1)C(=O)O. The minimum absolute atomic E-state index is 0.0926. The van der Waals surface area contributed by atoms with Gasteiger partial charge >= 0.3 is 5.97 Å². The van der Waals surface area contributed by atoms with Crippen molar-refractivity contribution in [3.63, 3.8) is 0 Å². The Morgan fingerprint density at radius 3 is 2.57 bits per heavy atom. The minimum Gasteiger partial charge on any atom is -0.480 e. The van der Waals surface area contributed by atoms with Gasteiger partial charge in [-0.05, 0) is 29.7 Å². The number of nitriles is 1. The van der Waals surface area contributed by atoms with E-state index in [1.165, 1.54) is 0 Å². The lowest BCUT2D eigenvalue weighted by atomic mass is 10.0. The molecule has 0 aliphatic heterocycles. The van der Waals surface area contributed by atoms with Gasteiger partial charge in [-0.2, -0.15) is 5.26 Å². The van der Waals surface area contributed by atoms with Crippen LogP contribution < -0.4 is 5.32 Å². The molecule has 2 aromatic carbocycles. The summed E-state index contributed by atoms with van der Waals surface area (Å²) in [6.45, 7) is 1.63. The first-order chi connectivity index (χ1) is 11.0. The molecular formula is C18H18N2O3. The van der Waals surface area contributed by atoms with Crippen LogP contribution in [0.4, 0.5) is 0 Å².